The van der Waals surface area contributed by atoms with Gasteiger partial charge in [-0.15, -0.1) is 0 Å². The third kappa shape index (κ3) is 3.33. The number of piperidine rings is 1. The second kappa shape index (κ2) is 7.44. The van der Waals surface area contributed by atoms with E-state index in [1.54, 1.807) is 0 Å². The molecule has 2 aromatic carbocycles. The van der Waals surface area contributed by atoms with Crippen LogP contribution in [-0.4, -0.2) is 41.9 Å². The number of furan rings is 1. The fraction of sp³-hybridized carbons (Fsp3) is 0.375. The van der Waals surface area contributed by atoms with Crippen molar-refractivity contribution in [2.75, 3.05) is 26.2 Å². The highest BCUT2D eigenvalue weighted by atomic mass is 16.3. The maximum Gasteiger partial charge on any atom is 0.253 e. The molecule has 3 heterocycles. The Kier molecular flexibility index (Phi) is 4.65. The molecule has 0 spiro atoms. The number of carbonyl (C=O) groups excluding carboxylic acids is 1. The van der Waals surface area contributed by atoms with Gasteiger partial charge in [0.1, 0.15) is 11.3 Å². The molecule has 0 saturated carbocycles. The monoisotopic (exact) mass is 374 g/mol. The van der Waals surface area contributed by atoms with Crippen molar-refractivity contribution < 1.29 is 9.21 Å². The minimum absolute atomic E-state index is 0.170. The predicted octanol–water partition coefficient (Wildman–Crippen LogP) is 4.34. The number of carbonyl (C=O) groups is 1. The smallest absolute Gasteiger partial charge is 0.253 e. The van der Waals surface area contributed by atoms with Crippen LogP contribution in [-0.2, 0) is 13.0 Å². The third-order valence-electron chi connectivity index (χ3n) is 6.27. The molecule has 2 aliphatic rings. The summed E-state index contributed by atoms with van der Waals surface area (Å²) in [5.74, 6) is 1.97. The van der Waals surface area contributed by atoms with E-state index in [4.69, 9.17) is 4.42 Å². The van der Waals surface area contributed by atoms with E-state index in [9.17, 15) is 4.79 Å². The van der Waals surface area contributed by atoms with E-state index in [0.29, 0.717) is 5.92 Å². The normalized spacial score (nSPS) is 18.4. The van der Waals surface area contributed by atoms with Gasteiger partial charge in [-0.05, 0) is 43.4 Å². The summed E-state index contributed by atoms with van der Waals surface area (Å²) >= 11 is 0. The molecule has 0 N–H and O–H groups in total. The van der Waals surface area contributed by atoms with Gasteiger partial charge < -0.3 is 9.32 Å². The first-order valence-electron chi connectivity index (χ1n) is 10.3. The first-order chi connectivity index (χ1) is 13.8. The molecule has 0 radical (unpaired) electrons. The molecule has 2 aliphatic heterocycles. The van der Waals surface area contributed by atoms with Crippen LogP contribution in [0.2, 0.25) is 0 Å². The molecule has 4 heteroatoms. The van der Waals surface area contributed by atoms with Crippen molar-refractivity contribution in [3.8, 4) is 0 Å². The zero-order chi connectivity index (χ0) is 18.9. The summed E-state index contributed by atoms with van der Waals surface area (Å²) in [6.07, 6.45) is 3.24. The largest absolute Gasteiger partial charge is 0.459 e. The number of amides is 1. The van der Waals surface area contributed by atoms with Crippen LogP contribution in [0.4, 0.5) is 0 Å². The summed E-state index contributed by atoms with van der Waals surface area (Å²) in [5.41, 5.74) is 3.21. The van der Waals surface area contributed by atoms with E-state index in [-0.39, 0.29) is 5.91 Å². The number of hydrogen-bond acceptors (Lipinski definition) is 3. The highest BCUT2D eigenvalue weighted by Gasteiger charge is 2.28. The topological polar surface area (TPSA) is 36.7 Å². The van der Waals surface area contributed by atoms with Crippen LogP contribution >= 0.6 is 0 Å². The average molecular weight is 374 g/mol. The Labute approximate surface area is 165 Å². The minimum atomic E-state index is 0.170. The highest BCUT2D eigenvalue weighted by Crippen LogP contribution is 2.31. The summed E-state index contributed by atoms with van der Waals surface area (Å²) < 4.78 is 6.11. The van der Waals surface area contributed by atoms with Gasteiger partial charge in [0, 0.05) is 42.7 Å². The quantitative estimate of drug-likeness (QED) is 0.684. The highest BCUT2D eigenvalue weighted by molar-refractivity contribution is 5.94. The number of para-hydroxylation sites is 1. The van der Waals surface area contributed by atoms with E-state index >= 15 is 0 Å². The number of nitrogens with zero attached hydrogens (tertiary/aromatic N) is 2. The van der Waals surface area contributed by atoms with Crippen LogP contribution in [0.1, 0.15) is 34.5 Å². The summed E-state index contributed by atoms with van der Waals surface area (Å²) in [6.45, 7) is 4.83. The molecule has 1 saturated heterocycles. The van der Waals surface area contributed by atoms with Crippen LogP contribution in [0.3, 0.4) is 0 Å². The number of benzene rings is 2. The molecule has 1 amide bonds. The van der Waals surface area contributed by atoms with Crippen molar-refractivity contribution in [1.82, 2.24) is 9.80 Å². The zero-order valence-corrected chi connectivity index (χ0v) is 16.1. The van der Waals surface area contributed by atoms with Crippen molar-refractivity contribution in [2.24, 2.45) is 5.92 Å². The Balaban J connectivity index is 1.18. The molecule has 5 rings (SSSR count). The molecule has 0 bridgehead atoms. The first kappa shape index (κ1) is 17.5. The Morgan fingerprint density at radius 1 is 0.964 bits per heavy atom. The van der Waals surface area contributed by atoms with Crippen LogP contribution in [0.5, 0.6) is 0 Å². The van der Waals surface area contributed by atoms with Crippen molar-refractivity contribution in [3.63, 3.8) is 0 Å². The van der Waals surface area contributed by atoms with Gasteiger partial charge in [-0.1, -0.05) is 36.4 Å². The van der Waals surface area contributed by atoms with Gasteiger partial charge in [0.15, 0.2) is 0 Å². The molecule has 0 atom stereocenters. The Hall–Kier alpha value is -2.59. The number of hydrogen-bond donors (Lipinski definition) is 0. The second-order valence-electron chi connectivity index (χ2n) is 8.09. The molecule has 1 aromatic heterocycles. The molecule has 0 unspecified atom stereocenters. The average Bonchev–Trinajstić information content (AvgIpc) is 3.12. The van der Waals surface area contributed by atoms with E-state index in [1.165, 1.54) is 10.9 Å². The lowest BCUT2D eigenvalue weighted by atomic mass is 9.94. The fourth-order valence-electron chi connectivity index (χ4n) is 4.71. The van der Waals surface area contributed by atoms with Crippen molar-refractivity contribution in [1.29, 1.82) is 0 Å². The van der Waals surface area contributed by atoms with Gasteiger partial charge in [-0.25, -0.2) is 0 Å². The van der Waals surface area contributed by atoms with Gasteiger partial charge in [0.05, 0.1) is 6.54 Å². The van der Waals surface area contributed by atoms with Gasteiger partial charge in [-0.2, -0.15) is 0 Å². The van der Waals surface area contributed by atoms with Crippen molar-refractivity contribution >= 4 is 16.9 Å². The summed E-state index contributed by atoms with van der Waals surface area (Å²) in [7, 11) is 0. The summed E-state index contributed by atoms with van der Waals surface area (Å²) in [4.78, 5) is 17.2. The molecule has 28 heavy (non-hydrogen) atoms. The van der Waals surface area contributed by atoms with Gasteiger partial charge in [0.2, 0.25) is 0 Å². The standard InChI is InChI=1S/C24H26N2O2/c27-24(19-6-2-1-3-7-19)26-14-10-18(11-15-26)16-25-13-12-21-20-8-4-5-9-22(20)28-23(21)17-25/h1-9,18H,10-17H2. The molecular formula is C24H26N2O2. The molecule has 0 aliphatic carbocycles. The van der Waals surface area contributed by atoms with Gasteiger partial charge in [-0.3, -0.25) is 9.69 Å². The molecule has 4 nitrogen and oxygen atoms in total. The van der Waals surface area contributed by atoms with Crippen molar-refractivity contribution in [3.05, 3.63) is 71.5 Å². The van der Waals surface area contributed by atoms with E-state index in [2.05, 4.69) is 23.1 Å². The first-order valence-corrected chi connectivity index (χ1v) is 10.3. The number of rotatable bonds is 3. The van der Waals surface area contributed by atoms with Gasteiger partial charge in [0.25, 0.3) is 5.91 Å². The third-order valence-corrected chi connectivity index (χ3v) is 6.27. The molecule has 144 valence electrons. The maximum atomic E-state index is 12.6. The van der Waals surface area contributed by atoms with Crippen LogP contribution in [0.25, 0.3) is 11.0 Å². The van der Waals surface area contributed by atoms with E-state index in [0.717, 1.165) is 68.9 Å². The van der Waals surface area contributed by atoms with Crippen LogP contribution in [0, 0.1) is 5.92 Å². The van der Waals surface area contributed by atoms with E-state index in [1.807, 2.05) is 41.3 Å². The SMILES string of the molecule is O=C(c1ccccc1)N1CCC(CN2CCc3c(oc4ccccc34)C2)CC1. The van der Waals surface area contributed by atoms with Crippen LogP contribution in [0.15, 0.2) is 59.0 Å². The minimum Gasteiger partial charge on any atom is -0.459 e. The Morgan fingerprint density at radius 2 is 1.71 bits per heavy atom. The molecular weight excluding hydrogens is 348 g/mol. The Bertz CT molecular complexity index is 971. The number of fused-ring (bicyclic) bond motifs is 3. The molecule has 1 fully saturated rings. The lowest BCUT2D eigenvalue weighted by Gasteiger charge is -2.35. The number of likely N-dealkylation sites (tertiary alicyclic amines) is 1. The zero-order valence-electron chi connectivity index (χ0n) is 16.1. The van der Waals surface area contributed by atoms with E-state index < -0.39 is 0 Å². The fourth-order valence-corrected chi connectivity index (χ4v) is 4.71. The predicted molar refractivity (Wildman–Crippen MR) is 110 cm³/mol. The Morgan fingerprint density at radius 3 is 2.54 bits per heavy atom. The lowest BCUT2D eigenvalue weighted by Crippen LogP contribution is -2.42. The van der Waals surface area contributed by atoms with Crippen LogP contribution < -0.4 is 0 Å². The lowest BCUT2D eigenvalue weighted by molar-refractivity contribution is 0.0660. The van der Waals surface area contributed by atoms with Gasteiger partial charge >= 0.3 is 0 Å². The summed E-state index contributed by atoms with van der Waals surface area (Å²) in [5, 5.41) is 1.28. The summed E-state index contributed by atoms with van der Waals surface area (Å²) in [6, 6.07) is 18.0. The second-order valence-corrected chi connectivity index (χ2v) is 8.09. The molecule has 3 aromatic rings. The maximum absolute atomic E-state index is 12.6. The van der Waals surface area contributed by atoms with Crippen molar-refractivity contribution in [2.45, 2.75) is 25.8 Å².